The highest BCUT2D eigenvalue weighted by molar-refractivity contribution is 7.75. The molecule has 0 fully saturated rings. The van der Waals surface area contributed by atoms with Gasteiger partial charge in [-0.1, -0.05) is 6.07 Å². The minimum Gasteiger partial charge on any atom is -0.472 e. The Kier molecular flexibility index (Phi) is 4.15. The highest BCUT2D eigenvalue weighted by Crippen LogP contribution is 2.39. The third-order valence-electron chi connectivity index (χ3n) is 5.60. The SMILES string of the molecule is C[C@H]1Cn2ncc([SH](=O)=NC(=O)Nc3c4c(cc5c3C[C@H](F)C5)CCC4)c2O1. The second-order valence-electron chi connectivity index (χ2n) is 7.63. The lowest BCUT2D eigenvalue weighted by molar-refractivity contribution is 0.248. The van der Waals surface area contributed by atoms with E-state index in [-0.39, 0.29) is 6.10 Å². The second-order valence-corrected chi connectivity index (χ2v) is 8.86. The van der Waals surface area contributed by atoms with Crippen LogP contribution in [0.1, 0.15) is 35.6 Å². The standard InChI is InChI=1S/C19H21FN4O3S/c1-10-9-24-18(27-10)16(8-21-24)28(26)23-19(25)22-17-14-4-2-3-11(14)5-12-6-13(20)7-15(12)17/h5,8,10,13,28H,2-4,6-7,9H2,1H3,(H,22,25)/t10-,13+/m0/s1. The van der Waals surface area contributed by atoms with Crippen LogP contribution in [0.15, 0.2) is 21.5 Å². The number of carbonyl (C=O) groups excluding carboxylic acids is 1. The molecule has 3 atom stereocenters. The average Bonchev–Trinajstić information content (AvgIpc) is 3.37. The number of aromatic nitrogens is 2. The molecule has 0 saturated carbocycles. The molecule has 1 aromatic carbocycles. The molecule has 0 radical (unpaired) electrons. The van der Waals surface area contributed by atoms with Crippen molar-refractivity contribution in [2.45, 2.75) is 62.7 Å². The first-order valence-corrected chi connectivity index (χ1v) is 10.7. The first-order valence-electron chi connectivity index (χ1n) is 9.52. The average molecular weight is 404 g/mol. The summed E-state index contributed by atoms with van der Waals surface area (Å²) in [4.78, 5) is 12.9. The number of rotatable bonds is 2. The number of thiol groups is 1. The van der Waals surface area contributed by atoms with Gasteiger partial charge in [-0.2, -0.15) is 5.10 Å². The quantitative estimate of drug-likeness (QED) is 0.754. The summed E-state index contributed by atoms with van der Waals surface area (Å²) in [7, 11) is -2.34. The van der Waals surface area contributed by atoms with Crippen LogP contribution in [0.2, 0.25) is 0 Å². The molecule has 7 nitrogen and oxygen atoms in total. The Bertz CT molecular complexity index is 1070. The third-order valence-corrected chi connectivity index (χ3v) is 6.68. The van der Waals surface area contributed by atoms with E-state index < -0.39 is 22.8 Å². The smallest absolute Gasteiger partial charge is 0.353 e. The monoisotopic (exact) mass is 404 g/mol. The summed E-state index contributed by atoms with van der Waals surface area (Å²) in [6, 6.07) is 1.40. The lowest BCUT2D eigenvalue weighted by Crippen LogP contribution is -2.12. The zero-order valence-electron chi connectivity index (χ0n) is 15.4. The van der Waals surface area contributed by atoms with Gasteiger partial charge in [-0.15, -0.1) is 4.36 Å². The fourth-order valence-corrected chi connectivity index (χ4v) is 5.24. The van der Waals surface area contributed by atoms with E-state index in [1.54, 1.807) is 4.68 Å². The van der Waals surface area contributed by atoms with Gasteiger partial charge in [0.25, 0.3) is 0 Å². The summed E-state index contributed by atoms with van der Waals surface area (Å²) in [6.07, 6.45) is 3.95. The number of ether oxygens (including phenoxy) is 1. The van der Waals surface area contributed by atoms with E-state index in [2.05, 4.69) is 20.8 Å². The van der Waals surface area contributed by atoms with Crippen LogP contribution in [0.4, 0.5) is 14.9 Å². The van der Waals surface area contributed by atoms with Crippen LogP contribution in [-0.4, -0.2) is 32.3 Å². The number of hydrogen-bond donors (Lipinski definition) is 2. The van der Waals surface area contributed by atoms with Crippen molar-refractivity contribution in [1.29, 1.82) is 0 Å². The fourth-order valence-electron chi connectivity index (χ4n) is 4.44. The van der Waals surface area contributed by atoms with Gasteiger partial charge in [-0.3, -0.25) is 0 Å². The molecule has 0 saturated heterocycles. The summed E-state index contributed by atoms with van der Waals surface area (Å²) in [5.41, 5.74) is 4.73. The van der Waals surface area contributed by atoms with Crippen molar-refractivity contribution in [3.8, 4) is 5.88 Å². The Morgan fingerprint density at radius 3 is 3.07 bits per heavy atom. The molecule has 2 amide bonds. The minimum absolute atomic E-state index is 0.0529. The minimum atomic E-state index is -2.34. The molecule has 1 N–H and O–H groups in total. The third kappa shape index (κ3) is 2.88. The molecule has 1 aromatic heterocycles. The van der Waals surface area contributed by atoms with Crippen molar-refractivity contribution in [2.75, 3.05) is 5.32 Å². The molecule has 28 heavy (non-hydrogen) atoms. The van der Waals surface area contributed by atoms with Gasteiger partial charge in [0.1, 0.15) is 17.2 Å². The number of benzene rings is 1. The molecule has 2 aliphatic carbocycles. The largest absolute Gasteiger partial charge is 0.472 e. The Hall–Kier alpha value is -2.42. The second kappa shape index (κ2) is 6.58. The van der Waals surface area contributed by atoms with Gasteiger partial charge in [0, 0.05) is 18.5 Å². The number of nitrogens with zero attached hydrogens (tertiary/aromatic N) is 3. The Labute approximate surface area is 163 Å². The summed E-state index contributed by atoms with van der Waals surface area (Å²) >= 11 is 0. The molecular weight excluding hydrogens is 383 g/mol. The number of anilines is 1. The highest BCUT2D eigenvalue weighted by Gasteiger charge is 2.30. The zero-order valence-corrected chi connectivity index (χ0v) is 16.3. The van der Waals surface area contributed by atoms with Crippen LogP contribution in [-0.2, 0) is 42.8 Å². The first-order chi connectivity index (χ1) is 13.5. The van der Waals surface area contributed by atoms with Crippen molar-refractivity contribution in [1.82, 2.24) is 9.78 Å². The zero-order chi connectivity index (χ0) is 19.4. The molecule has 1 aliphatic heterocycles. The van der Waals surface area contributed by atoms with Gasteiger partial charge in [0.2, 0.25) is 5.88 Å². The van der Waals surface area contributed by atoms with Gasteiger partial charge < -0.3 is 10.1 Å². The fraction of sp³-hybridized carbons (Fsp3) is 0.474. The van der Waals surface area contributed by atoms with E-state index in [9.17, 15) is 13.4 Å². The van der Waals surface area contributed by atoms with E-state index in [0.29, 0.717) is 35.8 Å². The molecule has 5 rings (SSSR count). The van der Waals surface area contributed by atoms with Crippen molar-refractivity contribution in [3.05, 3.63) is 34.5 Å². The maximum atomic E-state index is 14.0. The van der Waals surface area contributed by atoms with Crippen LogP contribution in [0, 0.1) is 0 Å². The maximum absolute atomic E-state index is 14.0. The molecule has 2 heterocycles. The number of aryl methyl sites for hydroxylation is 1. The number of amides is 2. The van der Waals surface area contributed by atoms with Crippen molar-refractivity contribution in [3.63, 3.8) is 0 Å². The molecule has 1 unspecified atom stereocenters. The van der Waals surface area contributed by atoms with Crippen molar-refractivity contribution < 1.29 is 18.1 Å². The molecule has 0 bridgehead atoms. The van der Waals surface area contributed by atoms with E-state index in [1.165, 1.54) is 11.8 Å². The lowest BCUT2D eigenvalue weighted by atomic mass is 9.99. The van der Waals surface area contributed by atoms with Crippen LogP contribution >= 0.6 is 0 Å². The number of halogens is 1. The predicted molar refractivity (Wildman–Crippen MR) is 102 cm³/mol. The topological polar surface area (TPSA) is 85.6 Å². The molecule has 9 heteroatoms. The van der Waals surface area contributed by atoms with E-state index >= 15 is 0 Å². The summed E-state index contributed by atoms with van der Waals surface area (Å²) in [6.45, 7) is 2.47. The van der Waals surface area contributed by atoms with Crippen LogP contribution in [0.5, 0.6) is 5.88 Å². The molecular formula is C19H21FN4O3S. The molecule has 2 aromatic rings. The normalized spacial score (nSPS) is 23.2. The van der Waals surface area contributed by atoms with Gasteiger partial charge in [0.05, 0.1) is 23.3 Å². The van der Waals surface area contributed by atoms with Crippen LogP contribution < -0.4 is 10.1 Å². The molecule has 0 spiro atoms. The Morgan fingerprint density at radius 1 is 1.36 bits per heavy atom. The Balaban J connectivity index is 1.44. The summed E-state index contributed by atoms with van der Waals surface area (Å²) < 4.78 is 37.6. The molecule has 148 valence electrons. The van der Waals surface area contributed by atoms with E-state index in [1.807, 2.05) is 6.92 Å². The van der Waals surface area contributed by atoms with Crippen LogP contribution in [0.3, 0.4) is 0 Å². The van der Waals surface area contributed by atoms with E-state index in [4.69, 9.17) is 4.74 Å². The molecule has 3 aliphatic rings. The van der Waals surface area contributed by atoms with Crippen LogP contribution in [0.25, 0.3) is 0 Å². The number of fused-ring (bicyclic) bond motifs is 3. The lowest BCUT2D eigenvalue weighted by Gasteiger charge is -2.14. The van der Waals surface area contributed by atoms with Gasteiger partial charge >= 0.3 is 6.03 Å². The van der Waals surface area contributed by atoms with Gasteiger partial charge in [-0.05, 0) is 48.4 Å². The number of nitrogens with one attached hydrogen (secondary N) is 1. The number of carbonyl (C=O) groups is 1. The number of alkyl halides is 1. The maximum Gasteiger partial charge on any atom is 0.353 e. The first kappa shape index (κ1) is 17.7. The number of urea groups is 1. The van der Waals surface area contributed by atoms with Crippen molar-refractivity contribution >= 4 is 22.3 Å². The Morgan fingerprint density at radius 2 is 2.21 bits per heavy atom. The van der Waals surface area contributed by atoms with Gasteiger partial charge in [-0.25, -0.2) is 18.1 Å². The predicted octanol–water partition coefficient (Wildman–Crippen LogP) is 2.85. The van der Waals surface area contributed by atoms with E-state index in [0.717, 1.165) is 36.0 Å². The summed E-state index contributed by atoms with van der Waals surface area (Å²) in [5.74, 6) is 0.409. The summed E-state index contributed by atoms with van der Waals surface area (Å²) in [5, 5.41) is 6.95. The highest BCUT2D eigenvalue weighted by atomic mass is 32.2. The van der Waals surface area contributed by atoms with Gasteiger partial charge in [0.15, 0.2) is 0 Å². The van der Waals surface area contributed by atoms with Crippen molar-refractivity contribution in [2.24, 2.45) is 4.36 Å². The number of hydrogen-bond acceptors (Lipinski definition) is 4.